The topological polar surface area (TPSA) is 38.8 Å². The number of ether oxygens (including phenoxy) is 2. The first-order valence-electron chi connectivity index (χ1n) is 9.31. The third-order valence-electron chi connectivity index (χ3n) is 5.13. The Bertz CT molecular complexity index is 864. The first-order valence-corrected chi connectivity index (χ1v) is 9.31. The van der Waals surface area contributed by atoms with Crippen molar-refractivity contribution in [3.63, 3.8) is 0 Å². The molecule has 1 fully saturated rings. The van der Waals surface area contributed by atoms with Gasteiger partial charge in [-0.2, -0.15) is 13.2 Å². The standard InChI is InChI=1S/C21H20F3NO3/c22-21(23,24)16-7-4-14(5-8-16)20(26)25-10-1-3-17(25)15-6-9-18-19(13-15)28-12-2-11-27-18/h4-9,13,17H,1-3,10-12H2/t17-/m0/s1. The van der Waals surface area contributed by atoms with Crippen molar-refractivity contribution in [2.24, 2.45) is 0 Å². The number of fused-ring (bicyclic) bond motifs is 1. The van der Waals surface area contributed by atoms with Crippen molar-refractivity contribution in [1.29, 1.82) is 0 Å². The molecule has 7 heteroatoms. The van der Waals surface area contributed by atoms with Crippen LogP contribution in [0.5, 0.6) is 11.5 Å². The van der Waals surface area contributed by atoms with Crippen molar-refractivity contribution < 1.29 is 27.4 Å². The molecule has 4 rings (SSSR count). The molecule has 0 radical (unpaired) electrons. The summed E-state index contributed by atoms with van der Waals surface area (Å²) in [7, 11) is 0. The van der Waals surface area contributed by atoms with Gasteiger partial charge in [0.15, 0.2) is 11.5 Å². The highest BCUT2D eigenvalue weighted by Gasteiger charge is 2.33. The van der Waals surface area contributed by atoms with Gasteiger partial charge < -0.3 is 14.4 Å². The van der Waals surface area contributed by atoms with Crippen LogP contribution >= 0.6 is 0 Å². The zero-order valence-corrected chi connectivity index (χ0v) is 15.2. The molecule has 1 saturated heterocycles. The van der Waals surface area contributed by atoms with Crippen LogP contribution in [0.15, 0.2) is 42.5 Å². The van der Waals surface area contributed by atoms with Crippen LogP contribution in [-0.2, 0) is 6.18 Å². The largest absolute Gasteiger partial charge is 0.490 e. The summed E-state index contributed by atoms with van der Waals surface area (Å²) in [5.74, 6) is 1.10. The molecular weight excluding hydrogens is 371 g/mol. The van der Waals surface area contributed by atoms with Crippen molar-refractivity contribution in [3.8, 4) is 11.5 Å². The SMILES string of the molecule is O=C(c1ccc(C(F)(F)F)cc1)N1CCC[C@H]1c1ccc2c(c1)OCCCO2. The van der Waals surface area contributed by atoms with Gasteiger partial charge in [-0.05, 0) is 54.8 Å². The maximum atomic E-state index is 12.9. The normalized spacial score (nSPS) is 19.4. The second-order valence-corrected chi connectivity index (χ2v) is 6.99. The molecule has 0 spiro atoms. The molecule has 2 aromatic carbocycles. The highest BCUT2D eigenvalue weighted by atomic mass is 19.4. The van der Waals surface area contributed by atoms with E-state index in [1.54, 1.807) is 4.90 Å². The molecule has 2 heterocycles. The van der Waals surface area contributed by atoms with E-state index in [-0.39, 0.29) is 17.5 Å². The maximum Gasteiger partial charge on any atom is 0.416 e. The van der Waals surface area contributed by atoms with Gasteiger partial charge in [0.05, 0.1) is 24.8 Å². The number of alkyl halides is 3. The Morgan fingerprint density at radius 1 is 0.964 bits per heavy atom. The molecule has 28 heavy (non-hydrogen) atoms. The fraction of sp³-hybridized carbons (Fsp3) is 0.381. The molecule has 148 valence electrons. The first-order chi connectivity index (χ1) is 13.4. The Labute approximate surface area is 160 Å². The molecule has 2 aliphatic heterocycles. The van der Waals surface area contributed by atoms with Crippen LogP contribution in [-0.4, -0.2) is 30.6 Å². The fourth-order valence-electron chi connectivity index (χ4n) is 3.71. The number of carbonyl (C=O) groups is 1. The van der Waals surface area contributed by atoms with Gasteiger partial charge in [0.1, 0.15) is 0 Å². The Balaban J connectivity index is 1.56. The number of likely N-dealkylation sites (tertiary alicyclic amines) is 1. The van der Waals surface area contributed by atoms with Gasteiger partial charge >= 0.3 is 6.18 Å². The van der Waals surface area contributed by atoms with E-state index in [9.17, 15) is 18.0 Å². The molecule has 0 saturated carbocycles. The van der Waals surface area contributed by atoms with Crippen molar-refractivity contribution in [1.82, 2.24) is 4.90 Å². The highest BCUT2D eigenvalue weighted by Crippen LogP contribution is 2.38. The Kier molecular flexibility index (Phi) is 4.91. The summed E-state index contributed by atoms with van der Waals surface area (Å²) < 4.78 is 49.7. The summed E-state index contributed by atoms with van der Waals surface area (Å²) in [6.45, 7) is 1.75. The van der Waals surface area contributed by atoms with Gasteiger partial charge in [0.25, 0.3) is 5.91 Å². The molecule has 4 nitrogen and oxygen atoms in total. The Hall–Kier alpha value is -2.70. The van der Waals surface area contributed by atoms with E-state index in [0.29, 0.717) is 31.3 Å². The Morgan fingerprint density at radius 2 is 1.68 bits per heavy atom. The van der Waals surface area contributed by atoms with E-state index < -0.39 is 11.7 Å². The molecule has 2 aliphatic rings. The zero-order valence-electron chi connectivity index (χ0n) is 15.2. The van der Waals surface area contributed by atoms with E-state index in [4.69, 9.17) is 9.47 Å². The summed E-state index contributed by atoms with van der Waals surface area (Å²) in [5.41, 5.74) is 0.446. The number of carbonyl (C=O) groups excluding carboxylic acids is 1. The Morgan fingerprint density at radius 3 is 2.39 bits per heavy atom. The predicted molar refractivity (Wildman–Crippen MR) is 96.5 cm³/mol. The zero-order chi connectivity index (χ0) is 19.7. The van der Waals surface area contributed by atoms with E-state index in [1.165, 1.54) is 12.1 Å². The molecule has 0 N–H and O–H groups in total. The minimum atomic E-state index is -4.42. The maximum absolute atomic E-state index is 12.9. The molecule has 1 amide bonds. The van der Waals surface area contributed by atoms with E-state index >= 15 is 0 Å². The quantitative estimate of drug-likeness (QED) is 0.735. The van der Waals surface area contributed by atoms with Crippen LogP contribution in [0.25, 0.3) is 0 Å². The summed E-state index contributed by atoms with van der Waals surface area (Å²) in [5, 5.41) is 0. The van der Waals surface area contributed by atoms with Crippen molar-refractivity contribution >= 4 is 5.91 Å². The smallest absolute Gasteiger partial charge is 0.416 e. The third kappa shape index (κ3) is 3.66. The molecular formula is C21H20F3NO3. The lowest BCUT2D eigenvalue weighted by molar-refractivity contribution is -0.137. The minimum absolute atomic E-state index is 0.132. The van der Waals surface area contributed by atoms with Gasteiger partial charge in [-0.1, -0.05) is 6.07 Å². The lowest BCUT2D eigenvalue weighted by Gasteiger charge is -2.26. The average molecular weight is 391 g/mol. The van der Waals surface area contributed by atoms with Crippen LogP contribution in [0.4, 0.5) is 13.2 Å². The highest BCUT2D eigenvalue weighted by molar-refractivity contribution is 5.94. The van der Waals surface area contributed by atoms with Crippen LogP contribution in [0.3, 0.4) is 0 Å². The van der Waals surface area contributed by atoms with Crippen LogP contribution < -0.4 is 9.47 Å². The van der Waals surface area contributed by atoms with Crippen molar-refractivity contribution in [2.45, 2.75) is 31.5 Å². The van der Waals surface area contributed by atoms with Crippen LogP contribution in [0.1, 0.15) is 46.8 Å². The summed E-state index contributed by atoms with van der Waals surface area (Å²) in [4.78, 5) is 14.6. The minimum Gasteiger partial charge on any atom is -0.490 e. The van der Waals surface area contributed by atoms with E-state index in [1.807, 2.05) is 18.2 Å². The third-order valence-corrected chi connectivity index (χ3v) is 5.13. The number of halogens is 3. The number of nitrogens with zero attached hydrogens (tertiary/aromatic N) is 1. The summed E-state index contributed by atoms with van der Waals surface area (Å²) in [6.07, 6.45) is -1.97. The first kappa shape index (κ1) is 18.7. The predicted octanol–water partition coefficient (Wildman–Crippen LogP) is 4.84. The van der Waals surface area contributed by atoms with Gasteiger partial charge in [-0.25, -0.2) is 0 Å². The second kappa shape index (κ2) is 7.37. The monoisotopic (exact) mass is 391 g/mol. The molecule has 0 aliphatic carbocycles. The molecule has 2 aromatic rings. The fourth-order valence-corrected chi connectivity index (χ4v) is 3.71. The number of hydrogen-bond donors (Lipinski definition) is 0. The molecule has 0 aromatic heterocycles. The number of amides is 1. The number of rotatable bonds is 2. The molecule has 1 atom stereocenters. The number of hydrogen-bond acceptors (Lipinski definition) is 3. The average Bonchev–Trinajstić information content (AvgIpc) is 3.05. The lowest BCUT2D eigenvalue weighted by Crippen LogP contribution is -2.30. The van der Waals surface area contributed by atoms with E-state index in [2.05, 4.69) is 0 Å². The van der Waals surface area contributed by atoms with E-state index in [0.717, 1.165) is 37.0 Å². The lowest BCUT2D eigenvalue weighted by atomic mass is 10.0. The van der Waals surface area contributed by atoms with Crippen molar-refractivity contribution in [2.75, 3.05) is 19.8 Å². The van der Waals surface area contributed by atoms with Gasteiger partial charge in [0.2, 0.25) is 0 Å². The molecule has 0 unspecified atom stereocenters. The summed E-state index contributed by atoms with van der Waals surface area (Å²) in [6, 6.07) is 9.95. The van der Waals surface area contributed by atoms with Crippen LogP contribution in [0, 0.1) is 0 Å². The van der Waals surface area contributed by atoms with Crippen LogP contribution in [0.2, 0.25) is 0 Å². The van der Waals surface area contributed by atoms with Gasteiger partial charge in [0, 0.05) is 18.5 Å². The van der Waals surface area contributed by atoms with Gasteiger partial charge in [-0.15, -0.1) is 0 Å². The molecule has 0 bridgehead atoms. The van der Waals surface area contributed by atoms with Gasteiger partial charge in [-0.3, -0.25) is 4.79 Å². The number of benzene rings is 2. The second-order valence-electron chi connectivity index (χ2n) is 6.99. The van der Waals surface area contributed by atoms with Crippen molar-refractivity contribution in [3.05, 3.63) is 59.2 Å². The summed E-state index contributed by atoms with van der Waals surface area (Å²) >= 11 is 0.